The second-order valence-electron chi connectivity index (χ2n) is 5.86. The molecule has 0 radical (unpaired) electrons. The van der Waals surface area contributed by atoms with Gasteiger partial charge in [0.25, 0.3) is 0 Å². The summed E-state index contributed by atoms with van der Waals surface area (Å²) in [5.41, 5.74) is 4.82. The molecule has 4 rings (SSSR count). The molecular formula is C21H14ClFN2O. The van der Waals surface area contributed by atoms with Gasteiger partial charge < -0.3 is 5.11 Å². The van der Waals surface area contributed by atoms with Crippen molar-refractivity contribution in [3.05, 3.63) is 88.5 Å². The molecule has 128 valence electrons. The van der Waals surface area contributed by atoms with E-state index in [1.807, 2.05) is 18.2 Å². The molecule has 2 aromatic carbocycles. The van der Waals surface area contributed by atoms with Crippen LogP contribution in [0.2, 0.25) is 0 Å². The van der Waals surface area contributed by atoms with E-state index in [9.17, 15) is 14.8 Å². The van der Waals surface area contributed by atoms with Gasteiger partial charge in [-0.2, -0.15) is 5.26 Å². The number of aliphatic hydroxyl groups is 1. The monoisotopic (exact) mass is 364 g/mol. The van der Waals surface area contributed by atoms with E-state index in [4.69, 9.17) is 0 Å². The third-order valence-electron chi connectivity index (χ3n) is 4.38. The third-order valence-corrected chi connectivity index (χ3v) is 4.38. The first kappa shape index (κ1) is 17.8. The zero-order valence-electron chi connectivity index (χ0n) is 13.6. The Morgan fingerprint density at radius 1 is 1.00 bits per heavy atom. The Balaban J connectivity index is 0.00000196. The summed E-state index contributed by atoms with van der Waals surface area (Å²) in [7, 11) is 0. The number of aromatic nitrogens is 1. The second kappa shape index (κ2) is 7.09. The lowest BCUT2D eigenvalue weighted by Crippen LogP contribution is -2.05. The molecule has 0 saturated carbocycles. The summed E-state index contributed by atoms with van der Waals surface area (Å²) < 4.78 is 13.1. The molecule has 5 heteroatoms. The SMILES string of the molecule is Cl.N#Cc1cccc2c1C=Cc1ncc(-c3ccc(F)cc3)cc1C2O. The Bertz CT molecular complexity index is 1040. The van der Waals surface area contributed by atoms with E-state index < -0.39 is 6.10 Å². The number of pyridine rings is 1. The Kier molecular flexibility index (Phi) is 4.85. The first-order chi connectivity index (χ1) is 12.2. The molecule has 1 unspecified atom stereocenters. The van der Waals surface area contributed by atoms with Crippen LogP contribution in [0.15, 0.2) is 54.7 Å². The predicted molar refractivity (Wildman–Crippen MR) is 101 cm³/mol. The summed E-state index contributed by atoms with van der Waals surface area (Å²) in [6, 6.07) is 15.5. The number of nitriles is 1. The van der Waals surface area contributed by atoms with Gasteiger partial charge in [0.15, 0.2) is 0 Å². The van der Waals surface area contributed by atoms with Crippen LogP contribution in [0.5, 0.6) is 0 Å². The third kappa shape index (κ3) is 2.99. The van der Waals surface area contributed by atoms with Crippen molar-refractivity contribution >= 4 is 24.6 Å². The summed E-state index contributed by atoms with van der Waals surface area (Å²) >= 11 is 0. The minimum Gasteiger partial charge on any atom is -0.384 e. The topological polar surface area (TPSA) is 56.9 Å². The molecule has 0 aliphatic heterocycles. The summed E-state index contributed by atoms with van der Waals surface area (Å²) in [6.45, 7) is 0. The van der Waals surface area contributed by atoms with Crippen LogP contribution in [-0.2, 0) is 0 Å². The number of rotatable bonds is 1. The first-order valence-corrected chi connectivity index (χ1v) is 7.82. The fourth-order valence-electron chi connectivity index (χ4n) is 3.09. The molecule has 1 atom stereocenters. The van der Waals surface area contributed by atoms with Gasteiger partial charge in [-0.25, -0.2) is 4.39 Å². The van der Waals surface area contributed by atoms with E-state index in [2.05, 4.69) is 11.1 Å². The average Bonchev–Trinajstić information content (AvgIpc) is 2.79. The number of hydrogen-bond acceptors (Lipinski definition) is 3. The summed E-state index contributed by atoms with van der Waals surface area (Å²) in [5.74, 6) is -0.299. The molecule has 1 N–H and O–H groups in total. The van der Waals surface area contributed by atoms with Crippen LogP contribution in [0.3, 0.4) is 0 Å². The summed E-state index contributed by atoms with van der Waals surface area (Å²) in [5, 5.41) is 20.2. The van der Waals surface area contributed by atoms with Crippen LogP contribution >= 0.6 is 12.4 Å². The smallest absolute Gasteiger partial charge is 0.123 e. The number of aliphatic hydroxyl groups excluding tert-OH is 1. The van der Waals surface area contributed by atoms with Crippen molar-refractivity contribution in [2.45, 2.75) is 6.10 Å². The molecule has 1 aliphatic rings. The number of nitrogens with zero attached hydrogens (tertiary/aromatic N) is 2. The molecule has 3 aromatic rings. The second-order valence-corrected chi connectivity index (χ2v) is 5.86. The lowest BCUT2D eigenvalue weighted by molar-refractivity contribution is 0.219. The first-order valence-electron chi connectivity index (χ1n) is 7.82. The van der Waals surface area contributed by atoms with E-state index >= 15 is 0 Å². The number of hydrogen-bond donors (Lipinski definition) is 1. The highest BCUT2D eigenvalue weighted by Crippen LogP contribution is 2.35. The van der Waals surface area contributed by atoms with Crippen LogP contribution in [0.25, 0.3) is 23.3 Å². The summed E-state index contributed by atoms with van der Waals surface area (Å²) in [6.07, 6.45) is 4.43. The molecular weight excluding hydrogens is 351 g/mol. The van der Waals surface area contributed by atoms with Gasteiger partial charge in [-0.3, -0.25) is 4.98 Å². The van der Waals surface area contributed by atoms with Crippen LogP contribution in [-0.4, -0.2) is 10.1 Å². The predicted octanol–water partition coefficient (Wildman–Crippen LogP) is 4.75. The molecule has 0 spiro atoms. The van der Waals surface area contributed by atoms with Crippen LogP contribution < -0.4 is 0 Å². The van der Waals surface area contributed by atoms with Gasteiger partial charge in [0.05, 0.1) is 17.3 Å². The minimum absolute atomic E-state index is 0. The van der Waals surface area contributed by atoms with E-state index in [1.165, 1.54) is 12.1 Å². The largest absolute Gasteiger partial charge is 0.384 e. The minimum atomic E-state index is -0.888. The fraction of sp³-hybridized carbons (Fsp3) is 0.0476. The molecule has 0 saturated heterocycles. The lowest BCUT2D eigenvalue weighted by atomic mass is 9.94. The Morgan fingerprint density at radius 2 is 1.77 bits per heavy atom. The Labute approximate surface area is 156 Å². The van der Waals surface area contributed by atoms with Gasteiger partial charge in [-0.15, -0.1) is 12.4 Å². The van der Waals surface area contributed by atoms with Gasteiger partial charge in [0.2, 0.25) is 0 Å². The van der Waals surface area contributed by atoms with E-state index in [0.717, 1.165) is 11.1 Å². The van der Waals surface area contributed by atoms with E-state index in [-0.39, 0.29) is 18.2 Å². The van der Waals surface area contributed by atoms with Gasteiger partial charge in [0, 0.05) is 17.3 Å². The summed E-state index contributed by atoms with van der Waals surface area (Å²) in [4.78, 5) is 4.44. The standard InChI is InChI=1S/C21H13FN2O.ClH/c22-16-6-4-13(5-7-16)15-10-19-20(24-12-15)9-8-17-14(11-23)2-1-3-18(17)21(19)25;/h1-10,12,21,25H;1H. The quantitative estimate of drug-likeness (QED) is 0.678. The van der Waals surface area contributed by atoms with Crippen molar-refractivity contribution in [3.8, 4) is 17.2 Å². The van der Waals surface area contributed by atoms with Gasteiger partial charge in [0.1, 0.15) is 11.9 Å². The van der Waals surface area contributed by atoms with E-state index in [0.29, 0.717) is 27.9 Å². The molecule has 3 nitrogen and oxygen atoms in total. The Morgan fingerprint density at radius 3 is 2.50 bits per heavy atom. The molecule has 1 aromatic heterocycles. The van der Waals surface area contributed by atoms with Crippen molar-refractivity contribution < 1.29 is 9.50 Å². The maximum absolute atomic E-state index is 13.1. The normalized spacial score (nSPS) is 14.4. The highest BCUT2D eigenvalue weighted by atomic mass is 35.5. The molecule has 0 amide bonds. The van der Waals surface area contributed by atoms with Crippen molar-refractivity contribution in [2.24, 2.45) is 0 Å². The number of halogens is 2. The van der Waals surface area contributed by atoms with Crippen molar-refractivity contribution in [3.63, 3.8) is 0 Å². The molecule has 1 heterocycles. The number of fused-ring (bicyclic) bond motifs is 2. The Hall–Kier alpha value is -3.00. The average molecular weight is 365 g/mol. The van der Waals surface area contributed by atoms with E-state index in [1.54, 1.807) is 36.5 Å². The lowest BCUT2D eigenvalue weighted by Gasteiger charge is -2.15. The maximum atomic E-state index is 13.1. The van der Waals surface area contributed by atoms with Gasteiger partial charge in [-0.05, 0) is 47.0 Å². The van der Waals surface area contributed by atoms with Crippen molar-refractivity contribution in [1.29, 1.82) is 5.26 Å². The van der Waals surface area contributed by atoms with Crippen LogP contribution in [0.1, 0.15) is 34.1 Å². The highest BCUT2D eigenvalue weighted by Gasteiger charge is 2.22. The van der Waals surface area contributed by atoms with Crippen molar-refractivity contribution in [2.75, 3.05) is 0 Å². The van der Waals surface area contributed by atoms with Crippen molar-refractivity contribution in [1.82, 2.24) is 4.98 Å². The zero-order chi connectivity index (χ0) is 17.4. The fourth-order valence-corrected chi connectivity index (χ4v) is 3.09. The molecule has 26 heavy (non-hydrogen) atoms. The maximum Gasteiger partial charge on any atom is 0.123 e. The number of benzene rings is 2. The zero-order valence-corrected chi connectivity index (χ0v) is 14.4. The molecule has 1 aliphatic carbocycles. The molecule has 0 bridgehead atoms. The van der Waals surface area contributed by atoms with Crippen LogP contribution in [0, 0.1) is 17.1 Å². The van der Waals surface area contributed by atoms with Crippen LogP contribution in [0.4, 0.5) is 4.39 Å². The van der Waals surface area contributed by atoms with Gasteiger partial charge >= 0.3 is 0 Å². The highest BCUT2D eigenvalue weighted by molar-refractivity contribution is 5.85. The van der Waals surface area contributed by atoms with Gasteiger partial charge in [-0.1, -0.05) is 30.3 Å². The molecule has 0 fully saturated rings.